The summed E-state index contributed by atoms with van der Waals surface area (Å²) in [4.78, 5) is 17.6. The third kappa shape index (κ3) is 2.97. The lowest BCUT2D eigenvalue weighted by Crippen LogP contribution is -2.09. The van der Waals surface area contributed by atoms with Gasteiger partial charge in [0.15, 0.2) is 11.4 Å². The average molecular weight is 280 g/mol. The van der Waals surface area contributed by atoms with E-state index < -0.39 is 0 Å². The minimum absolute atomic E-state index is 0.279. The number of benzene rings is 1. The molecule has 0 atom stereocenters. The molecule has 0 amide bonds. The van der Waals surface area contributed by atoms with Gasteiger partial charge in [-0.3, -0.25) is 4.79 Å². The highest BCUT2D eigenvalue weighted by Crippen LogP contribution is 2.30. The molecule has 1 heterocycles. The Bertz CT molecular complexity index is 586. The predicted molar refractivity (Wildman–Crippen MR) is 72.7 cm³/mol. The molecule has 0 spiro atoms. The van der Waals surface area contributed by atoms with Crippen molar-refractivity contribution in [2.24, 2.45) is 0 Å². The fourth-order valence-corrected chi connectivity index (χ4v) is 2.49. The molecule has 0 bridgehead atoms. The summed E-state index contributed by atoms with van der Waals surface area (Å²) in [7, 11) is 3.32. The smallest absolute Gasteiger partial charge is 0.190 e. The molecule has 1 aromatic heterocycles. The maximum atomic E-state index is 13.2. The van der Waals surface area contributed by atoms with Gasteiger partial charge in [-0.2, -0.15) is 0 Å². The molecule has 1 aromatic carbocycles. The van der Waals surface area contributed by atoms with E-state index in [4.69, 9.17) is 4.74 Å². The first kappa shape index (κ1) is 13.6. The number of carbonyl (C=O) groups is 1. The Labute approximate surface area is 114 Å². The number of thiazole rings is 1. The summed E-state index contributed by atoms with van der Waals surface area (Å²) in [6.45, 7) is 0.279. The van der Waals surface area contributed by atoms with Gasteiger partial charge in [-0.15, -0.1) is 0 Å². The Morgan fingerprint density at radius 1 is 1.53 bits per heavy atom. The molecule has 0 radical (unpaired) electrons. The molecule has 0 saturated carbocycles. The first-order valence-corrected chi connectivity index (χ1v) is 6.40. The van der Waals surface area contributed by atoms with Gasteiger partial charge in [0.1, 0.15) is 5.82 Å². The number of hydrogen-bond acceptors (Lipinski definition) is 5. The van der Waals surface area contributed by atoms with Crippen molar-refractivity contribution >= 4 is 28.4 Å². The van der Waals surface area contributed by atoms with Crippen molar-refractivity contribution in [2.45, 2.75) is 6.61 Å². The summed E-state index contributed by atoms with van der Waals surface area (Å²) in [6.07, 6.45) is 0.759. The van der Waals surface area contributed by atoms with Gasteiger partial charge in [-0.25, -0.2) is 9.37 Å². The summed E-state index contributed by atoms with van der Waals surface area (Å²) >= 11 is 1.25. The maximum absolute atomic E-state index is 13.2. The van der Waals surface area contributed by atoms with E-state index in [2.05, 4.69) is 4.98 Å². The molecule has 0 N–H and O–H groups in total. The Hall–Kier alpha value is -1.79. The summed E-state index contributed by atoms with van der Waals surface area (Å²) in [5, 5.41) is 0.625. The number of anilines is 2. The highest BCUT2D eigenvalue weighted by atomic mass is 32.1. The van der Waals surface area contributed by atoms with Crippen LogP contribution in [0.2, 0.25) is 0 Å². The number of hydrogen-bond donors (Lipinski definition) is 0. The second kappa shape index (κ2) is 5.90. The van der Waals surface area contributed by atoms with Crippen LogP contribution in [0.5, 0.6) is 0 Å². The summed E-state index contributed by atoms with van der Waals surface area (Å²) < 4.78 is 18.2. The van der Waals surface area contributed by atoms with Gasteiger partial charge in [-0.05, 0) is 18.2 Å². The summed E-state index contributed by atoms with van der Waals surface area (Å²) in [6, 6.07) is 6.21. The zero-order valence-electron chi connectivity index (χ0n) is 10.6. The van der Waals surface area contributed by atoms with Crippen LogP contribution in [0.25, 0.3) is 0 Å². The van der Waals surface area contributed by atoms with Crippen LogP contribution in [0.4, 0.5) is 15.2 Å². The molecule has 0 unspecified atom stereocenters. The van der Waals surface area contributed by atoms with Crippen LogP contribution in [0.15, 0.2) is 24.3 Å². The van der Waals surface area contributed by atoms with Crippen molar-refractivity contribution in [3.05, 3.63) is 40.7 Å². The number of ether oxygens (including phenoxy) is 1. The summed E-state index contributed by atoms with van der Waals surface area (Å²) in [5.41, 5.74) is 1.27. The van der Waals surface area contributed by atoms with Crippen molar-refractivity contribution in [1.29, 1.82) is 0 Å². The summed E-state index contributed by atoms with van der Waals surface area (Å²) in [5.74, 6) is -0.311. The lowest BCUT2D eigenvalue weighted by molar-refractivity contribution is 0.112. The molecule has 4 nitrogen and oxygen atoms in total. The molecule has 19 heavy (non-hydrogen) atoms. The lowest BCUT2D eigenvalue weighted by Gasteiger charge is -2.15. The topological polar surface area (TPSA) is 42.4 Å². The fraction of sp³-hybridized carbons (Fsp3) is 0.231. The van der Waals surface area contributed by atoms with E-state index in [0.717, 1.165) is 6.29 Å². The molecule has 2 aromatic rings. The van der Waals surface area contributed by atoms with Gasteiger partial charge in [0.25, 0.3) is 0 Å². The molecular formula is C13H13FN2O2S. The normalized spacial score (nSPS) is 10.5. The van der Waals surface area contributed by atoms with Crippen molar-refractivity contribution in [1.82, 2.24) is 4.98 Å². The average Bonchev–Trinajstić information content (AvgIpc) is 2.81. The van der Waals surface area contributed by atoms with Crippen LogP contribution in [-0.4, -0.2) is 25.4 Å². The third-order valence-electron chi connectivity index (χ3n) is 2.59. The molecule has 0 fully saturated rings. The van der Waals surface area contributed by atoms with Gasteiger partial charge in [-0.1, -0.05) is 17.4 Å². The van der Waals surface area contributed by atoms with E-state index in [1.54, 1.807) is 31.2 Å². The van der Waals surface area contributed by atoms with Gasteiger partial charge < -0.3 is 9.64 Å². The Morgan fingerprint density at radius 3 is 2.95 bits per heavy atom. The van der Waals surface area contributed by atoms with E-state index in [1.807, 2.05) is 0 Å². The van der Waals surface area contributed by atoms with Crippen molar-refractivity contribution < 1.29 is 13.9 Å². The van der Waals surface area contributed by atoms with E-state index >= 15 is 0 Å². The van der Waals surface area contributed by atoms with Crippen molar-refractivity contribution in [3.8, 4) is 0 Å². The predicted octanol–water partition coefficient (Wildman–Crippen LogP) is 3.01. The Morgan fingerprint density at radius 2 is 2.32 bits per heavy atom. The number of aromatic nitrogens is 1. The number of nitrogens with zero attached hydrogens (tertiary/aromatic N) is 2. The number of methoxy groups -OCH3 is 1. The van der Waals surface area contributed by atoms with E-state index in [1.165, 1.54) is 23.5 Å². The van der Waals surface area contributed by atoms with E-state index in [0.29, 0.717) is 21.4 Å². The van der Waals surface area contributed by atoms with Crippen LogP contribution in [-0.2, 0) is 11.3 Å². The Kier molecular flexibility index (Phi) is 4.24. The quantitative estimate of drug-likeness (QED) is 0.790. The highest BCUT2D eigenvalue weighted by Gasteiger charge is 2.14. The second-order valence-corrected chi connectivity index (χ2v) is 4.91. The van der Waals surface area contributed by atoms with Gasteiger partial charge in [0.2, 0.25) is 0 Å². The van der Waals surface area contributed by atoms with E-state index in [-0.39, 0.29) is 12.4 Å². The number of carbonyl (C=O) groups excluding carboxylic acids is 1. The first-order valence-electron chi connectivity index (χ1n) is 5.59. The first-order chi connectivity index (χ1) is 9.15. The zero-order chi connectivity index (χ0) is 13.8. The maximum Gasteiger partial charge on any atom is 0.190 e. The Balaban J connectivity index is 2.33. The molecule has 0 aliphatic rings. The molecule has 100 valence electrons. The van der Waals surface area contributed by atoms with Crippen molar-refractivity contribution in [3.63, 3.8) is 0 Å². The molecule has 0 aliphatic carbocycles. The molecular weight excluding hydrogens is 267 g/mol. The minimum atomic E-state index is -0.311. The fourth-order valence-electron chi connectivity index (χ4n) is 1.62. The number of halogens is 1. The van der Waals surface area contributed by atoms with Crippen LogP contribution in [0.1, 0.15) is 15.4 Å². The second-order valence-electron chi connectivity index (χ2n) is 3.90. The molecule has 0 aliphatic heterocycles. The minimum Gasteiger partial charge on any atom is -0.378 e. The van der Waals surface area contributed by atoms with E-state index in [9.17, 15) is 9.18 Å². The van der Waals surface area contributed by atoms with Crippen LogP contribution in [0, 0.1) is 5.82 Å². The van der Waals surface area contributed by atoms with Gasteiger partial charge in [0, 0.05) is 19.8 Å². The van der Waals surface area contributed by atoms with Crippen LogP contribution < -0.4 is 4.90 Å². The molecule has 0 saturated heterocycles. The lowest BCUT2D eigenvalue weighted by atomic mass is 10.3. The highest BCUT2D eigenvalue weighted by molar-refractivity contribution is 7.17. The number of aldehydes is 1. The van der Waals surface area contributed by atoms with Crippen LogP contribution >= 0.6 is 11.3 Å². The standard InChI is InChI=1S/C13H13FN2O2S/c1-16(10-5-3-4-9(14)6-10)13-15-11(8-18-2)12(7-17)19-13/h3-7H,8H2,1-2H3. The largest absolute Gasteiger partial charge is 0.378 e. The third-order valence-corrected chi connectivity index (χ3v) is 3.69. The number of rotatable bonds is 5. The zero-order valence-corrected chi connectivity index (χ0v) is 11.4. The van der Waals surface area contributed by atoms with Crippen molar-refractivity contribution in [2.75, 3.05) is 19.1 Å². The van der Waals surface area contributed by atoms with Gasteiger partial charge >= 0.3 is 0 Å². The van der Waals surface area contributed by atoms with Crippen LogP contribution in [0.3, 0.4) is 0 Å². The van der Waals surface area contributed by atoms with Gasteiger partial charge in [0.05, 0.1) is 17.2 Å². The SMILES string of the molecule is COCc1nc(N(C)c2cccc(F)c2)sc1C=O. The molecule has 6 heteroatoms. The molecule has 2 rings (SSSR count). The monoisotopic (exact) mass is 280 g/mol.